The van der Waals surface area contributed by atoms with Crippen LogP contribution in [-0.2, 0) is 6.18 Å². The van der Waals surface area contributed by atoms with E-state index in [1.165, 1.54) is 12.3 Å². The first-order valence-electron chi connectivity index (χ1n) is 3.66. The van der Waals surface area contributed by atoms with Gasteiger partial charge in [0.1, 0.15) is 5.82 Å². The van der Waals surface area contributed by atoms with E-state index in [0.29, 0.717) is 0 Å². The van der Waals surface area contributed by atoms with E-state index >= 15 is 0 Å². The Morgan fingerprint density at radius 1 is 1.36 bits per heavy atom. The molecule has 0 aliphatic carbocycles. The Kier molecular flexibility index (Phi) is 1.63. The number of aromatic nitrogens is 3. The van der Waals surface area contributed by atoms with Crippen molar-refractivity contribution in [3.05, 3.63) is 24.0 Å². The van der Waals surface area contributed by atoms with Crippen LogP contribution in [0.2, 0.25) is 0 Å². The first kappa shape index (κ1) is 8.79. The molecule has 0 saturated heterocycles. The number of hydrogen-bond donors (Lipinski definition) is 1. The highest BCUT2D eigenvalue weighted by atomic mass is 19.4. The van der Waals surface area contributed by atoms with E-state index in [2.05, 4.69) is 10.1 Å². The number of nitrogens with two attached hydrogens (primary N) is 1. The van der Waals surface area contributed by atoms with Crippen molar-refractivity contribution in [3.8, 4) is 0 Å². The number of nitrogen functional groups attached to an aromatic ring is 1. The lowest BCUT2D eigenvalue weighted by Crippen LogP contribution is -2.06. The van der Waals surface area contributed by atoms with Gasteiger partial charge in [0.25, 0.3) is 0 Å². The van der Waals surface area contributed by atoms with Gasteiger partial charge in [-0.3, -0.25) is 0 Å². The smallest absolute Gasteiger partial charge is 0.384 e. The molecular weight excluding hydrogens is 197 g/mol. The molecule has 2 rings (SSSR count). The van der Waals surface area contributed by atoms with Crippen molar-refractivity contribution in [3.63, 3.8) is 0 Å². The first-order chi connectivity index (χ1) is 6.48. The van der Waals surface area contributed by atoms with Gasteiger partial charge in [0.05, 0.1) is 0 Å². The molecule has 0 bridgehead atoms. The molecule has 0 aliphatic heterocycles. The molecule has 0 unspecified atom stereocenters. The highest BCUT2D eigenvalue weighted by Gasteiger charge is 2.34. The van der Waals surface area contributed by atoms with Gasteiger partial charge in [-0.05, 0) is 6.07 Å². The van der Waals surface area contributed by atoms with Crippen LogP contribution in [0, 0.1) is 0 Å². The molecule has 2 N–H and O–H groups in total. The molecule has 0 aliphatic rings. The van der Waals surface area contributed by atoms with Gasteiger partial charge in [-0.1, -0.05) is 0 Å². The van der Waals surface area contributed by atoms with Gasteiger partial charge >= 0.3 is 6.18 Å². The van der Waals surface area contributed by atoms with Crippen LogP contribution < -0.4 is 5.73 Å². The number of fused-ring (bicyclic) bond motifs is 1. The van der Waals surface area contributed by atoms with Gasteiger partial charge < -0.3 is 5.73 Å². The number of anilines is 1. The van der Waals surface area contributed by atoms with Gasteiger partial charge in [0.15, 0.2) is 11.3 Å². The SMILES string of the molecule is Nc1ccnc2cc(C(F)(F)F)nn12. The van der Waals surface area contributed by atoms with E-state index in [1.807, 2.05) is 0 Å². The highest BCUT2D eigenvalue weighted by molar-refractivity contribution is 5.46. The maximum absolute atomic E-state index is 12.2. The molecule has 0 radical (unpaired) electrons. The Hall–Kier alpha value is -1.79. The fourth-order valence-corrected chi connectivity index (χ4v) is 1.05. The summed E-state index contributed by atoms with van der Waals surface area (Å²) in [5, 5.41) is 3.29. The lowest BCUT2D eigenvalue weighted by molar-refractivity contribution is -0.141. The zero-order valence-electron chi connectivity index (χ0n) is 6.78. The zero-order valence-corrected chi connectivity index (χ0v) is 6.78. The minimum atomic E-state index is -4.47. The molecule has 14 heavy (non-hydrogen) atoms. The predicted octanol–water partition coefficient (Wildman–Crippen LogP) is 1.33. The fraction of sp³-hybridized carbons (Fsp3) is 0.143. The predicted molar refractivity (Wildman–Crippen MR) is 42.4 cm³/mol. The Morgan fingerprint density at radius 2 is 2.07 bits per heavy atom. The topological polar surface area (TPSA) is 56.2 Å². The van der Waals surface area contributed by atoms with E-state index in [-0.39, 0.29) is 11.5 Å². The van der Waals surface area contributed by atoms with Gasteiger partial charge in [0, 0.05) is 12.3 Å². The highest BCUT2D eigenvalue weighted by Crippen LogP contribution is 2.28. The van der Waals surface area contributed by atoms with Gasteiger partial charge in [0.2, 0.25) is 0 Å². The second-order valence-electron chi connectivity index (χ2n) is 2.67. The molecule has 2 aromatic heterocycles. The van der Waals surface area contributed by atoms with Crippen molar-refractivity contribution >= 4 is 11.5 Å². The molecule has 74 valence electrons. The van der Waals surface area contributed by atoms with Gasteiger partial charge in [-0.15, -0.1) is 0 Å². The van der Waals surface area contributed by atoms with Crippen LogP contribution >= 0.6 is 0 Å². The molecule has 0 fully saturated rings. The number of halogens is 3. The quantitative estimate of drug-likeness (QED) is 0.701. The molecule has 2 aromatic rings. The van der Waals surface area contributed by atoms with Gasteiger partial charge in [-0.2, -0.15) is 22.8 Å². The summed E-state index contributed by atoms with van der Waals surface area (Å²) >= 11 is 0. The van der Waals surface area contributed by atoms with Crippen LogP contribution in [0.4, 0.5) is 19.0 Å². The van der Waals surface area contributed by atoms with Crippen LogP contribution in [0.3, 0.4) is 0 Å². The van der Waals surface area contributed by atoms with E-state index in [0.717, 1.165) is 10.6 Å². The van der Waals surface area contributed by atoms with Crippen LogP contribution in [0.25, 0.3) is 5.65 Å². The minimum absolute atomic E-state index is 0.0809. The maximum Gasteiger partial charge on any atom is 0.435 e. The summed E-state index contributed by atoms with van der Waals surface area (Å²) in [5.74, 6) is 0.116. The van der Waals surface area contributed by atoms with Crippen LogP contribution in [0.15, 0.2) is 18.3 Å². The van der Waals surface area contributed by atoms with Crippen molar-refractivity contribution in [2.75, 3.05) is 5.73 Å². The van der Waals surface area contributed by atoms with Crippen LogP contribution in [-0.4, -0.2) is 14.6 Å². The molecule has 0 spiro atoms. The molecule has 2 heterocycles. The number of alkyl halides is 3. The van der Waals surface area contributed by atoms with Crippen molar-refractivity contribution < 1.29 is 13.2 Å². The zero-order chi connectivity index (χ0) is 10.3. The van der Waals surface area contributed by atoms with Crippen molar-refractivity contribution in [2.24, 2.45) is 0 Å². The standard InChI is InChI=1S/C7H5F3N4/c8-7(9,10)4-3-6-12-2-1-5(11)14(6)13-4/h1-3H,11H2. The molecule has 4 nitrogen and oxygen atoms in total. The van der Waals surface area contributed by atoms with Crippen LogP contribution in [0.1, 0.15) is 5.69 Å². The second-order valence-corrected chi connectivity index (χ2v) is 2.67. The Bertz CT molecular complexity index is 473. The number of rotatable bonds is 0. The third-order valence-corrected chi connectivity index (χ3v) is 1.68. The Labute approximate surface area is 76.2 Å². The van der Waals surface area contributed by atoms with E-state index in [4.69, 9.17) is 5.73 Å². The Balaban J connectivity index is 2.69. The van der Waals surface area contributed by atoms with E-state index in [1.54, 1.807) is 0 Å². The number of nitrogens with zero attached hydrogens (tertiary/aromatic N) is 3. The van der Waals surface area contributed by atoms with E-state index in [9.17, 15) is 13.2 Å². The summed E-state index contributed by atoms with van der Waals surface area (Å²) in [5.41, 5.74) is 4.49. The van der Waals surface area contributed by atoms with Crippen molar-refractivity contribution in [1.82, 2.24) is 14.6 Å². The normalized spacial score (nSPS) is 12.2. The van der Waals surface area contributed by atoms with Crippen molar-refractivity contribution in [1.29, 1.82) is 0 Å². The first-order valence-corrected chi connectivity index (χ1v) is 3.66. The second kappa shape index (κ2) is 2.60. The van der Waals surface area contributed by atoms with Crippen LogP contribution in [0.5, 0.6) is 0 Å². The molecule has 7 heteroatoms. The average Bonchev–Trinajstić information content (AvgIpc) is 2.48. The minimum Gasteiger partial charge on any atom is -0.384 e. The lowest BCUT2D eigenvalue weighted by atomic mass is 10.4. The molecular formula is C7H5F3N4. The third-order valence-electron chi connectivity index (χ3n) is 1.68. The summed E-state index contributed by atoms with van der Waals surface area (Å²) in [7, 11) is 0. The lowest BCUT2D eigenvalue weighted by Gasteiger charge is -1.99. The average molecular weight is 202 g/mol. The number of hydrogen-bond acceptors (Lipinski definition) is 3. The monoisotopic (exact) mass is 202 g/mol. The molecule has 0 aromatic carbocycles. The third kappa shape index (κ3) is 1.26. The maximum atomic E-state index is 12.2. The molecule has 0 amide bonds. The Morgan fingerprint density at radius 3 is 2.64 bits per heavy atom. The summed E-state index contributed by atoms with van der Waals surface area (Å²) in [6, 6.07) is 2.22. The summed E-state index contributed by atoms with van der Waals surface area (Å²) in [4.78, 5) is 3.70. The largest absolute Gasteiger partial charge is 0.435 e. The summed E-state index contributed by atoms with van der Waals surface area (Å²) in [6.07, 6.45) is -3.15. The fourth-order valence-electron chi connectivity index (χ4n) is 1.05. The van der Waals surface area contributed by atoms with Crippen molar-refractivity contribution in [2.45, 2.75) is 6.18 Å². The molecule has 0 atom stereocenters. The van der Waals surface area contributed by atoms with Gasteiger partial charge in [-0.25, -0.2) is 4.98 Å². The summed E-state index contributed by atoms with van der Waals surface area (Å²) in [6.45, 7) is 0. The van der Waals surface area contributed by atoms with E-state index < -0.39 is 11.9 Å². The molecule has 0 saturated carbocycles. The summed E-state index contributed by atoms with van der Waals surface area (Å²) < 4.78 is 37.6.